The van der Waals surface area contributed by atoms with Gasteiger partial charge in [0, 0.05) is 4.47 Å². The van der Waals surface area contributed by atoms with Gasteiger partial charge in [-0.1, -0.05) is 44.0 Å². The Balaban J connectivity index is 2.37. The molecule has 1 aromatic carbocycles. The molecule has 1 nitrogen and oxygen atoms in total. The number of hydrogen-bond donors (Lipinski definition) is 1. The average molecular weight is 293 g/mol. The zero-order chi connectivity index (χ0) is 8.81. The summed E-state index contributed by atoms with van der Waals surface area (Å²) in [6, 6.07) is 8.42. The monoisotopic (exact) mass is 291 g/mol. The SMILES string of the molecule is BrCNCCc1ccc(Br)cc1. The maximum absolute atomic E-state index is 3.40. The molecular weight excluding hydrogens is 282 g/mol. The van der Waals surface area contributed by atoms with E-state index in [0.717, 1.165) is 22.9 Å². The van der Waals surface area contributed by atoms with Gasteiger partial charge in [-0.3, -0.25) is 0 Å². The van der Waals surface area contributed by atoms with Crippen LogP contribution >= 0.6 is 31.9 Å². The van der Waals surface area contributed by atoms with Crippen LogP contribution in [0, 0.1) is 0 Å². The quantitative estimate of drug-likeness (QED) is 0.511. The zero-order valence-electron chi connectivity index (χ0n) is 6.69. The van der Waals surface area contributed by atoms with Gasteiger partial charge in [0.2, 0.25) is 0 Å². The highest BCUT2D eigenvalue weighted by Gasteiger charge is 1.91. The Kier molecular flexibility index (Phi) is 4.88. The minimum absolute atomic E-state index is 0.865. The first-order valence-corrected chi connectivity index (χ1v) is 5.75. The van der Waals surface area contributed by atoms with E-state index in [0.29, 0.717) is 0 Å². The number of rotatable bonds is 4. The molecule has 0 spiro atoms. The van der Waals surface area contributed by atoms with Crippen LogP contribution in [0.5, 0.6) is 0 Å². The van der Waals surface area contributed by atoms with Gasteiger partial charge in [-0.25, -0.2) is 0 Å². The summed E-state index contributed by atoms with van der Waals surface area (Å²) in [5.41, 5.74) is 2.23. The Bertz CT molecular complexity index is 220. The fraction of sp³-hybridized carbons (Fsp3) is 0.333. The van der Waals surface area contributed by atoms with Crippen LogP contribution in [0.15, 0.2) is 28.7 Å². The lowest BCUT2D eigenvalue weighted by molar-refractivity contribution is 0.779. The standard InChI is InChI=1S/C9H11Br2N/c10-7-12-6-5-8-1-3-9(11)4-2-8/h1-4,12H,5-7H2. The highest BCUT2D eigenvalue weighted by molar-refractivity contribution is 9.10. The van der Waals surface area contributed by atoms with Crippen molar-refractivity contribution in [1.82, 2.24) is 5.32 Å². The van der Waals surface area contributed by atoms with E-state index in [1.807, 2.05) is 0 Å². The van der Waals surface area contributed by atoms with Gasteiger partial charge in [-0.15, -0.1) is 0 Å². The number of nitrogens with one attached hydrogen (secondary N) is 1. The second kappa shape index (κ2) is 5.73. The molecule has 0 aliphatic rings. The van der Waals surface area contributed by atoms with Crippen molar-refractivity contribution in [2.24, 2.45) is 0 Å². The molecule has 1 rings (SSSR count). The number of hydrogen-bond acceptors (Lipinski definition) is 1. The van der Waals surface area contributed by atoms with Crippen LogP contribution in [0.25, 0.3) is 0 Å². The van der Waals surface area contributed by atoms with Gasteiger partial charge in [0.25, 0.3) is 0 Å². The van der Waals surface area contributed by atoms with Crippen molar-refractivity contribution in [3.63, 3.8) is 0 Å². The highest BCUT2D eigenvalue weighted by Crippen LogP contribution is 2.10. The molecule has 12 heavy (non-hydrogen) atoms. The molecule has 3 heteroatoms. The maximum atomic E-state index is 3.40. The summed E-state index contributed by atoms with van der Waals surface area (Å²) in [4.78, 5) is 0. The van der Waals surface area contributed by atoms with Gasteiger partial charge in [-0.05, 0) is 30.7 Å². The summed E-state index contributed by atoms with van der Waals surface area (Å²) in [7, 11) is 0. The Morgan fingerprint density at radius 2 is 1.83 bits per heavy atom. The first kappa shape index (κ1) is 10.2. The molecule has 0 heterocycles. The van der Waals surface area contributed by atoms with Gasteiger partial charge in [-0.2, -0.15) is 0 Å². The molecule has 0 saturated heterocycles. The maximum Gasteiger partial charge on any atom is 0.0517 e. The van der Waals surface area contributed by atoms with Gasteiger partial charge < -0.3 is 5.32 Å². The molecule has 0 fully saturated rings. The van der Waals surface area contributed by atoms with Crippen LogP contribution in [-0.2, 0) is 6.42 Å². The Hall–Kier alpha value is 0.140. The summed E-state index contributed by atoms with van der Waals surface area (Å²) in [5.74, 6) is 0. The van der Waals surface area contributed by atoms with Crippen molar-refractivity contribution in [3.8, 4) is 0 Å². The largest absolute Gasteiger partial charge is 0.307 e. The Morgan fingerprint density at radius 1 is 1.17 bits per heavy atom. The lowest BCUT2D eigenvalue weighted by Gasteiger charge is -2.01. The third-order valence-corrected chi connectivity index (χ3v) is 2.52. The Labute approximate surface area is 89.8 Å². The Morgan fingerprint density at radius 3 is 2.42 bits per heavy atom. The lowest BCUT2D eigenvalue weighted by atomic mass is 10.1. The van der Waals surface area contributed by atoms with Crippen molar-refractivity contribution < 1.29 is 0 Å². The molecule has 0 aromatic heterocycles. The predicted molar refractivity (Wildman–Crippen MR) is 59.6 cm³/mol. The van der Waals surface area contributed by atoms with Crippen molar-refractivity contribution in [3.05, 3.63) is 34.3 Å². The molecule has 0 aliphatic heterocycles. The first-order chi connectivity index (χ1) is 5.83. The second-order valence-electron chi connectivity index (χ2n) is 2.51. The topological polar surface area (TPSA) is 12.0 Å². The fourth-order valence-electron chi connectivity index (χ4n) is 0.951. The molecule has 0 saturated carbocycles. The van der Waals surface area contributed by atoms with E-state index in [-0.39, 0.29) is 0 Å². The van der Waals surface area contributed by atoms with E-state index in [1.165, 1.54) is 5.56 Å². The smallest absolute Gasteiger partial charge is 0.0517 e. The third kappa shape index (κ3) is 3.70. The lowest BCUT2D eigenvalue weighted by Crippen LogP contribution is -2.14. The minimum Gasteiger partial charge on any atom is -0.307 e. The van der Waals surface area contributed by atoms with Crippen LogP contribution in [0.1, 0.15) is 5.56 Å². The second-order valence-corrected chi connectivity index (χ2v) is 3.99. The molecule has 0 bridgehead atoms. The first-order valence-electron chi connectivity index (χ1n) is 3.84. The molecule has 1 N–H and O–H groups in total. The summed E-state index contributed by atoms with van der Waals surface area (Å²) < 4.78 is 1.14. The van der Waals surface area contributed by atoms with E-state index >= 15 is 0 Å². The minimum atomic E-state index is 0.865. The number of halogens is 2. The molecule has 66 valence electrons. The fourth-order valence-corrected chi connectivity index (χ4v) is 1.50. The van der Waals surface area contributed by atoms with Crippen LogP contribution < -0.4 is 5.32 Å². The molecule has 1 aromatic rings. The zero-order valence-corrected chi connectivity index (χ0v) is 9.86. The van der Waals surface area contributed by atoms with E-state index in [1.54, 1.807) is 0 Å². The summed E-state index contributed by atoms with van der Waals surface area (Å²) in [6.45, 7) is 1.02. The molecular formula is C9H11Br2N. The third-order valence-electron chi connectivity index (χ3n) is 1.60. The van der Waals surface area contributed by atoms with Crippen LogP contribution in [0.4, 0.5) is 0 Å². The van der Waals surface area contributed by atoms with Gasteiger partial charge in [0.05, 0.1) is 5.45 Å². The molecule has 0 amide bonds. The highest BCUT2D eigenvalue weighted by atomic mass is 79.9. The molecule has 0 unspecified atom stereocenters. The van der Waals surface area contributed by atoms with E-state index < -0.39 is 0 Å². The van der Waals surface area contributed by atoms with Crippen LogP contribution in [-0.4, -0.2) is 12.0 Å². The summed E-state index contributed by atoms with van der Waals surface area (Å²) >= 11 is 6.72. The predicted octanol–water partition coefficient (Wildman–Crippen LogP) is 2.93. The van der Waals surface area contributed by atoms with E-state index in [4.69, 9.17) is 0 Å². The number of benzene rings is 1. The van der Waals surface area contributed by atoms with Crippen molar-refractivity contribution in [2.45, 2.75) is 6.42 Å². The van der Waals surface area contributed by atoms with Crippen LogP contribution in [0.2, 0.25) is 0 Å². The van der Waals surface area contributed by atoms with Crippen molar-refractivity contribution in [1.29, 1.82) is 0 Å². The van der Waals surface area contributed by atoms with E-state index in [2.05, 4.69) is 61.4 Å². The number of alkyl halides is 1. The molecule has 0 aliphatic carbocycles. The summed E-state index contributed by atoms with van der Waals surface area (Å²) in [5, 5.41) is 3.22. The normalized spacial score (nSPS) is 10.2. The van der Waals surface area contributed by atoms with E-state index in [9.17, 15) is 0 Å². The average Bonchev–Trinajstić information content (AvgIpc) is 2.09. The van der Waals surface area contributed by atoms with Crippen molar-refractivity contribution in [2.75, 3.05) is 12.0 Å². The molecule has 0 radical (unpaired) electrons. The summed E-state index contributed by atoms with van der Waals surface area (Å²) in [6.07, 6.45) is 1.08. The van der Waals surface area contributed by atoms with Gasteiger partial charge in [0.1, 0.15) is 0 Å². The molecule has 0 atom stereocenters. The van der Waals surface area contributed by atoms with Crippen LogP contribution in [0.3, 0.4) is 0 Å². The van der Waals surface area contributed by atoms with Gasteiger partial charge >= 0.3 is 0 Å². The van der Waals surface area contributed by atoms with Gasteiger partial charge in [0.15, 0.2) is 0 Å². The van der Waals surface area contributed by atoms with Crippen molar-refractivity contribution >= 4 is 31.9 Å².